The summed E-state index contributed by atoms with van der Waals surface area (Å²) >= 11 is 0. The maximum atomic E-state index is 12.6. The van der Waals surface area contributed by atoms with Crippen LogP contribution in [0.1, 0.15) is 41.7 Å². The number of likely N-dealkylation sites (tertiary alicyclic amines) is 1. The summed E-state index contributed by atoms with van der Waals surface area (Å²) in [5.41, 5.74) is 1.85. The topological polar surface area (TPSA) is 50.8 Å². The van der Waals surface area contributed by atoms with Crippen molar-refractivity contribution in [2.75, 3.05) is 33.4 Å². The number of nitrogens with zero attached hydrogens (tertiary/aromatic N) is 1. The van der Waals surface area contributed by atoms with Crippen molar-refractivity contribution >= 4 is 5.91 Å². The van der Waals surface area contributed by atoms with E-state index in [-0.39, 0.29) is 11.9 Å². The van der Waals surface area contributed by atoms with Gasteiger partial charge in [-0.15, -0.1) is 0 Å². The molecule has 0 bridgehead atoms. The predicted octanol–water partition coefficient (Wildman–Crippen LogP) is 3.66. The molecule has 1 heterocycles. The molecule has 2 aromatic carbocycles. The van der Waals surface area contributed by atoms with E-state index in [2.05, 4.69) is 22.3 Å². The second kappa shape index (κ2) is 9.42. The number of carbonyl (C=O) groups is 1. The Morgan fingerprint density at radius 1 is 1.04 bits per heavy atom. The summed E-state index contributed by atoms with van der Waals surface area (Å²) in [5, 5.41) is 3.10. The third-order valence-corrected chi connectivity index (χ3v) is 4.97. The number of ether oxygens (including phenoxy) is 2. The van der Waals surface area contributed by atoms with Crippen LogP contribution < -0.4 is 14.8 Å². The summed E-state index contributed by atoms with van der Waals surface area (Å²) in [6, 6.07) is 15.6. The highest BCUT2D eigenvalue weighted by molar-refractivity contribution is 5.94. The first-order valence-corrected chi connectivity index (χ1v) is 9.60. The number of benzene rings is 2. The summed E-state index contributed by atoms with van der Waals surface area (Å²) in [5.74, 6) is 1.57. The molecule has 2 aromatic rings. The van der Waals surface area contributed by atoms with Gasteiger partial charge in [0.25, 0.3) is 5.91 Å². The minimum Gasteiger partial charge on any atom is -0.497 e. The quantitative estimate of drug-likeness (QED) is 0.773. The second-order valence-corrected chi connectivity index (χ2v) is 6.70. The highest BCUT2D eigenvalue weighted by atomic mass is 16.5. The first-order valence-electron chi connectivity index (χ1n) is 9.60. The van der Waals surface area contributed by atoms with E-state index >= 15 is 0 Å². The molecule has 1 saturated heterocycles. The molecule has 1 atom stereocenters. The zero-order valence-electron chi connectivity index (χ0n) is 16.1. The molecule has 5 nitrogen and oxygen atoms in total. The van der Waals surface area contributed by atoms with Crippen LogP contribution >= 0.6 is 0 Å². The minimum atomic E-state index is -0.0595. The lowest BCUT2D eigenvalue weighted by atomic mass is 10.0. The van der Waals surface area contributed by atoms with Gasteiger partial charge in [-0.3, -0.25) is 9.69 Å². The van der Waals surface area contributed by atoms with Crippen LogP contribution in [0, 0.1) is 0 Å². The van der Waals surface area contributed by atoms with Crippen LogP contribution in [0.5, 0.6) is 11.5 Å². The molecule has 1 aliphatic rings. The van der Waals surface area contributed by atoms with Gasteiger partial charge in [-0.05, 0) is 74.8 Å². The van der Waals surface area contributed by atoms with Crippen molar-refractivity contribution in [1.82, 2.24) is 10.2 Å². The third kappa shape index (κ3) is 5.01. The van der Waals surface area contributed by atoms with E-state index in [4.69, 9.17) is 9.47 Å². The van der Waals surface area contributed by atoms with E-state index in [1.807, 2.05) is 31.2 Å². The van der Waals surface area contributed by atoms with Crippen LogP contribution in [0.25, 0.3) is 0 Å². The van der Waals surface area contributed by atoms with Crippen molar-refractivity contribution in [1.29, 1.82) is 0 Å². The summed E-state index contributed by atoms with van der Waals surface area (Å²) < 4.78 is 10.7. The number of hydrogen-bond acceptors (Lipinski definition) is 4. The number of nitrogens with one attached hydrogen (secondary N) is 1. The van der Waals surface area contributed by atoms with E-state index in [1.165, 1.54) is 18.4 Å². The molecule has 0 aromatic heterocycles. The maximum absolute atomic E-state index is 12.6. The zero-order chi connectivity index (χ0) is 19.1. The second-order valence-electron chi connectivity index (χ2n) is 6.70. The third-order valence-electron chi connectivity index (χ3n) is 4.97. The Bertz CT molecular complexity index is 722. The fourth-order valence-electron chi connectivity index (χ4n) is 3.50. The Morgan fingerprint density at radius 3 is 2.26 bits per heavy atom. The smallest absolute Gasteiger partial charge is 0.251 e. The van der Waals surface area contributed by atoms with Crippen LogP contribution in [-0.4, -0.2) is 44.2 Å². The molecule has 1 N–H and O–H groups in total. The molecule has 27 heavy (non-hydrogen) atoms. The largest absolute Gasteiger partial charge is 0.497 e. The van der Waals surface area contributed by atoms with Crippen LogP contribution in [0.15, 0.2) is 48.5 Å². The number of rotatable bonds is 8. The predicted molar refractivity (Wildman–Crippen MR) is 106 cm³/mol. The molecule has 144 valence electrons. The van der Waals surface area contributed by atoms with Gasteiger partial charge >= 0.3 is 0 Å². The fraction of sp³-hybridized carbons (Fsp3) is 0.409. The van der Waals surface area contributed by atoms with Gasteiger partial charge in [-0.1, -0.05) is 12.1 Å². The molecule has 1 amide bonds. The molecule has 0 saturated carbocycles. The number of carbonyl (C=O) groups excluding carboxylic acids is 1. The van der Waals surface area contributed by atoms with Crippen molar-refractivity contribution in [3.63, 3.8) is 0 Å². The van der Waals surface area contributed by atoms with E-state index < -0.39 is 0 Å². The standard InChI is InChI=1S/C22H28N2O3/c1-3-27-20-12-8-18(9-13-20)22(25)23-16-21(24-14-4-5-15-24)17-6-10-19(26-2)11-7-17/h6-13,21H,3-5,14-16H2,1-2H3,(H,23,25). The molecule has 0 radical (unpaired) electrons. The van der Waals surface area contributed by atoms with Gasteiger partial charge in [-0.2, -0.15) is 0 Å². The Labute approximate surface area is 161 Å². The van der Waals surface area contributed by atoms with Gasteiger partial charge in [0, 0.05) is 12.1 Å². The molecular formula is C22H28N2O3. The Balaban J connectivity index is 1.67. The highest BCUT2D eigenvalue weighted by Crippen LogP contribution is 2.26. The van der Waals surface area contributed by atoms with Gasteiger partial charge in [0.15, 0.2) is 0 Å². The Kier molecular flexibility index (Phi) is 6.71. The van der Waals surface area contributed by atoms with Gasteiger partial charge in [0.2, 0.25) is 0 Å². The van der Waals surface area contributed by atoms with Gasteiger partial charge < -0.3 is 14.8 Å². The average Bonchev–Trinajstić information content (AvgIpc) is 3.24. The van der Waals surface area contributed by atoms with Crippen LogP contribution in [0.2, 0.25) is 0 Å². The average molecular weight is 368 g/mol. The summed E-state index contributed by atoms with van der Waals surface area (Å²) in [7, 11) is 1.67. The highest BCUT2D eigenvalue weighted by Gasteiger charge is 2.24. The maximum Gasteiger partial charge on any atom is 0.251 e. The molecule has 1 fully saturated rings. The van der Waals surface area contributed by atoms with E-state index in [0.717, 1.165) is 24.6 Å². The first kappa shape index (κ1) is 19.2. The Hall–Kier alpha value is -2.53. The molecule has 1 aliphatic heterocycles. The van der Waals surface area contributed by atoms with Gasteiger partial charge in [-0.25, -0.2) is 0 Å². The molecule has 0 aliphatic carbocycles. The Morgan fingerprint density at radius 2 is 1.67 bits per heavy atom. The first-order chi connectivity index (χ1) is 13.2. The number of methoxy groups -OCH3 is 1. The summed E-state index contributed by atoms with van der Waals surface area (Å²) in [6.45, 7) is 5.27. The number of hydrogen-bond donors (Lipinski definition) is 1. The van der Waals surface area contributed by atoms with Gasteiger partial charge in [0.05, 0.1) is 19.8 Å². The van der Waals surface area contributed by atoms with E-state index in [9.17, 15) is 4.79 Å². The fourth-order valence-corrected chi connectivity index (χ4v) is 3.50. The van der Waals surface area contributed by atoms with Crippen molar-refractivity contribution in [3.8, 4) is 11.5 Å². The van der Waals surface area contributed by atoms with E-state index in [1.54, 1.807) is 19.2 Å². The molecule has 5 heteroatoms. The van der Waals surface area contributed by atoms with Crippen molar-refractivity contribution in [3.05, 3.63) is 59.7 Å². The summed E-state index contributed by atoms with van der Waals surface area (Å²) in [4.78, 5) is 15.0. The van der Waals surface area contributed by atoms with Crippen molar-refractivity contribution in [2.45, 2.75) is 25.8 Å². The normalized spacial score (nSPS) is 15.3. The van der Waals surface area contributed by atoms with Crippen LogP contribution in [-0.2, 0) is 0 Å². The SMILES string of the molecule is CCOc1ccc(C(=O)NCC(c2ccc(OC)cc2)N2CCCC2)cc1. The lowest BCUT2D eigenvalue weighted by Crippen LogP contribution is -2.36. The van der Waals surface area contributed by atoms with E-state index in [0.29, 0.717) is 18.7 Å². The zero-order valence-corrected chi connectivity index (χ0v) is 16.1. The molecule has 3 rings (SSSR count). The van der Waals surface area contributed by atoms with Crippen molar-refractivity contribution < 1.29 is 14.3 Å². The van der Waals surface area contributed by atoms with Crippen LogP contribution in [0.3, 0.4) is 0 Å². The monoisotopic (exact) mass is 368 g/mol. The summed E-state index contributed by atoms with van der Waals surface area (Å²) in [6.07, 6.45) is 2.42. The molecule has 0 spiro atoms. The lowest BCUT2D eigenvalue weighted by molar-refractivity contribution is 0.0938. The molecule has 1 unspecified atom stereocenters. The number of amides is 1. The molecular weight excluding hydrogens is 340 g/mol. The van der Waals surface area contributed by atoms with Crippen LogP contribution in [0.4, 0.5) is 0 Å². The minimum absolute atomic E-state index is 0.0595. The van der Waals surface area contributed by atoms with Gasteiger partial charge in [0.1, 0.15) is 11.5 Å². The lowest BCUT2D eigenvalue weighted by Gasteiger charge is -2.28. The van der Waals surface area contributed by atoms with Crippen molar-refractivity contribution in [2.24, 2.45) is 0 Å².